The van der Waals surface area contributed by atoms with Gasteiger partial charge in [-0.1, -0.05) is 24.0 Å². The molecule has 3 atom stereocenters. The molecule has 42 heavy (non-hydrogen) atoms. The van der Waals surface area contributed by atoms with Crippen molar-refractivity contribution in [1.82, 2.24) is 4.90 Å². The van der Waals surface area contributed by atoms with Crippen LogP contribution in [0.3, 0.4) is 0 Å². The van der Waals surface area contributed by atoms with Crippen molar-refractivity contribution >= 4 is 42.5 Å². The molecule has 226 valence electrons. The summed E-state index contributed by atoms with van der Waals surface area (Å²) >= 11 is 1.17. The molecule has 2 unspecified atom stereocenters. The number of nitrogens with zero attached hydrogens (tertiary/aromatic N) is 1. The number of alkyl halides is 4. The van der Waals surface area contributed by atoms with Crippen LogP contribution in [0.15, 0.2) is 41.3 Å². The van der Waals surface area contributed by atoms with Crippen LogP contribution in [-0.4, -0.2) is 79.8 Å². The maximum absolute atomic E-state index is 14.7. The van der Waals surface area contributed by atoms with E-state index in [9.17, 15) is 21.8 Å². The van der Waals surface area contributed by atoms with Gasteiger partial charge < -0.3 is 25.0 Å². The molecule has 0 amide bonds. The van der Waals surface area contributed by atoms with Crippen LogP contribution in [-0.2, 0) is 20.9 Å². The summed E-state index contributed by atoms with van der Waals surface area (Å²) in [6, 6.07) is 9.47. The largest absolute Gasteiger partial charge is 0.495 e. The molecule has 0 radical (unpaired) electrons. The Morgan fingerprint density at radius 2 is 2.02 bits per heavy atom. The van der Waals surface area contributed by atoms with Crippen LogP contribution in [0, 0.1) is 16.6 Å². The molecule has 3 aromatic rings. The molecule has 13 heteroatoms. The van der Waals surface area contributed by atoms with Gasteiger partial charge in [0, 0.05) is 13.1 Å². The lowest BCUT2D eigenvalue weighted by Crippen LogP contribution is -2.46. The van der Waals surface area contributed by atoms with E-state index in [4.69, 9.17) is 14.3 Å². The van der Waals surface area contributed by atoms with Crippen LogP contribution in [0.25, 0.3) is 10.1 Å². The Labute approximate surface area is 246 Å². The molecule has 2 aliphatic heterocycles. The van der Waals surface area contributed by atoms with Crippen LogP contribution in [0.5, 0.6) is 5.75 Å². The van der Waals surface area contributed by atoms with Gasteiger partial charge in [0.15, 0.2) is 0 Å². The molecular formula is C29H32F4N4O3S2. The van der Waals surface area contributed by atoms with Gasteiger partial charge in [-0.15, -0.1) is 11.3 Å². The topological polar surface area (TPSA) is 86.7 Å². The minimum Gasteiger partial charge on any atom is -0.495 e. The number of anilines is 2. The van der Waals surface area contributed by atoms with Crippen LogP contribution >= 0.6 is 11.3 Å². The zero-order valence-corrected chi connectivity index (χ0v) is 24.8. The maximum Gasteiger partial charge on any atom is 0.393 e. The number of halogens is 4. The van der Waals surface area contributed by atoms with Crippen molar-refractivity contribution in [1.29, 1.82) is 4.78 Å². The van der Waals surface area contributed by atoms with E-state index in [1.165, 1.54) is 18.4 Å². The predicted octanol–water partition coefficient (Wildman–Crippen LogP) is 5.74. The number of thiophene rings is 1. The van der Waals surface area contributed by atoms with Gasteiger partial charge in [0.05, 0.1) is 80.2 Å². The molecule has 0 bridgehead atoms. The van der Waals surface area contributed by atoms with Crippen molar-refractivity contribution in [3.8, 4) is 17.6 Å². The number of methoxy groups -OCH3 is 1. The number of piperidine rings is 1. The SMILES string of the molecule is COc1cc([S@@](=N)(=O)C2COC2)ccc1NCC#Cc1sc2c(NC3CCN(C)CC3F)cccc2c1CC(F)(F)F. The van der Waals surface area contributed by atoms with Gasteiger partial charge in [-0.05, 0) is 48.7 Å². The summed E-state index contributed by atoms with van der Waals surface area (Å²) in [6.45, 7) is 1.69. The summed E-state index contributed by atoms with van der Waals surface area (Å²) in [5, 5.41) is 6.42. The van der Waals surface area contributed by atoms with Gasteiger partial charge in [0.25, 0.3) is 0 Å². The molecule has 3 heterocycles. The smallest absolute Gasteiger partial charge is 0.393 e. The predicted molar refractivity (Wildman–Crippen MR) is 158 cm³/mol. The Morgan fingerprint density at radius 3 is 2.69 bits per heavy atom. The Balaban J connectivity index is 1.37. The van der Waals surface area contributed by atoms with Gasteiger partial charge in [-0.25, -0.2) is 13.4 Å². The van der Waals surface area contributed by atoms with E-state index in [-0.39, 0.29) is 30.6 Å². The summed E-state index contributed by atoms with van der Waals surface area (Å²) in [5.41, 5.74) is 1.26. The molecule has 2 fully saturated rings. The summed E-state index contributed by atoms with van der Waals surface area (Å²) in [7, 11) is 0.272. The summed E-state index contributed by atoms with van der Waals surface area (Å²) in [5.74, 6) is 6.20. The van der Waals surface area contributed by atoms with Crippen LogP contribution in [0.2, 0.25) is 0 Å². The number of nitrogens with one attached hydrogen (secondary N) is 3. The van der Waals surface area contributed by atoms with E-state index in [0.717, 1.165) is 6.54 Å². The maximum atomic E-state index is 14.7. The molecule has 1 aromatic heterocycles. The minimum atomic E-state index is -4.43. The monoisotopic (exact) mass is 624 g/mol. The highest BCUT2D eigenvalue weighted by atomic mass is 32.2. The Morgan fingerprint density at radius 1 is 1.24 bits per heavy atom. The highest BCUT2D eigenvalue weighted by molar-refractivity contribution is 7.93. The minimum absolute atomic E-state index is 0.103. The van der Waals surface area contributed by atoms with E-state index in [1.54, 1.807) is 36.4 Å². The summed E-state index contributed by atoms with van der Waals surface area (Å²) in [6.07, 6.45) is -6.06. The van der Waals surface area contributed by atoms with Crippen molar-refractivity contribution in [2.75, 3.05) is 57.6 Å². The molecule has 0 aliphatic carbocycles. The van der Waals surface area contributed by atoms with Gasteiger partial charge in [0.1, 0.15) is 11.9 Å². The first-order valence-corrected chi connectivity index (χ1v) is 15.9. The third-order valence-electron chi connectivity index (χ3n) is 7.45. The number of hydrogen-bond donors (Lipinski definition) is 3. The van der Waals surface area contributed by atoms with Gasteiger partial charge in [0.2, 0.25) is 0 Å². The molecule has 0 saturated carbocycles. The third kappa shape index (κ3) is 6.62. The first-order valence-electron chi connectivity index (χ1n) is 13.4. The molecular weight excluding hydrogens is 592 g/mol. The van der Waals surface area contributed by atoms with E-state index >= 15 is 0 Å². The second-order valence-electron chi connectivity index (χ2n) is 10.5. The summed E-state index contributed by atoms with van der Waals surface area (Å²) < 4.78 is 87.8. The lowest BCUT2D eigenvalue weighted by atomic mass is 10.0. The average Bonchev–Trinajstić information content (AvgIpc) is 3.23. The lowest BCUT2D eigenvalue weighted by molar-refractivity contribution is -0.126. The van der Waals surface area contributed by atoms with Crippen molar-refractivity contribution < 1.29 is 31.2 Å². The van der Waals surface area contributed by atoms with Crippen molar-refractivity contribution in [2.45, 2.75) is 41.4 Å². The van der Waals surface area contributed by atoms with E-state index < -0.39 is 34.5 Å². The normalized spacial score (nSPS) is 21.2. The number of likely N-dealkylation sites (tertiary alicyclic amines) is 1. The average molecular weight is 625 g/mol. The molecule has 5 rings (SSSR count). The Hall–Kier alpha value is -3.05. The Bertz CT molecular complexity index is 1610. The second-order valence-corrected chi connectivity index (χ2v) is 13.8. The van der Waals surface area contributed by atoms with Gasteiger partial charge >= 0.3 is 6.18 Å². The van der Waals surface area contributed by atoms with Crippen LogP contribution < -0.4 is 15.4 Å². The first kappa shape index (κ1) is 30.4. The van der Waals surface area contributed by atoms with Crippen molar-refractivity contribution in [2.24, 2.45) is 0 Å². The zero-order chi connectivity index (χ0) is 30.1. The van der Waals surface area contributed by atoms with Crippen molar-refractivity contribution in [3.63, 3.8) is 0 Å². The number of benzene rings is 2. The highest BCUT2D eigenvalue weighted by Crippen LogP contribution is 2.39. The Kier molecular flexibility index (Phi) is 8.89. The fourth-order valence-electron chi connectivity index (χ4n) is 5.05. The summed E-state index contributed by atoms with van der Waals surface area (Å²) in [4.78, 5) is 2.56. The van der Waals surface area contributed by atoms with Gasteiger partial charge in [-0.2, -0.15) is 13.2 Å². The van der Waals surface area contributed by atoms with E-state index in [1.807, 2.05) is 11.9 Å². The molecule has 0 spiro atoms. The van der Waals surface area contributed by atoms with Crippen LogP contribution in [0.4, 0.5) is 28.9 Å². The number of fused-ring (bicyclic) bond motifs is 1. The first-order chi connectivity index (χ1) is 20.0. The number of rotatable bonds is 8. The molecule has 2 aromatic carbocycles. The molecule has 2 saturated heterocycles. The molecule has 2 aliphatic rings. The quantitative estimate of drug-likeness (QED) is 0.219. The van der Waals surface area contributed by atoms with Gasteiger partial charge in [-0.3, -0.25) is 0 Å². The van der Waals surface area contributed by atoms with Crippen molar-refractivity contribution in [3.05, 3.63) is 46.8 Å². The number of ether oxygens (including phenoxy) is 2. The lowest BCUT2D eigenvalue weighted by Gasteiger charge is -2.33. The van der Waals surface area contributed by atoms with Crippen LogP contribution in [0.1, 0.15) is 16.9 Å². The number of hydrogen-bond acceptors (Lipinski definition) is 8. The van der Waals surface area contributed by atoms with E-state index in [2.05, 4.69) is 22.5 Å². The second kappa shape index (κ2) is 12.3. The highest BCUT2D eigenvalue weighted by Gasteiger charge is 2.33. The fraction of sp³-hybridized carbons (Fsp3) is 0.448. The third-order valence-corrected chi connectivity index (χ3v) is 10.8. The molecule has 7 nitrogen and oxygen atoms in total. The molecule has 3 N–H and O–H groups in total. The fourth-order valence-corrected chi connectivity index (χ4v) is 7.73. The standard InChI is InChI=1S/C29H32F4N4O3S2/c1-37-12-10-23(22(30)15-37)36-25-6-3-5-20-21(14-29(31,32)33)27(41-28(20)25)7-4-11-35-24-9-8-18(13-26(24)39-2)42(34,38)19-16-40-17-19/h3,5-6,8-9,13,19,22-23,34-36H,10-12,14-17H2,1-2H3/t22?,23?,42-/m1/s1. The zero-order valence-electron chi connectivity index (χ0n) is 23.1. The van der Waals surface area contributed by atoms with E-state index in [0.29, 0.717) is 49.9 Å².